The molecule has 186 valence electrons. The molecule has 0 radical (unpaired) electrons. The highest BCUT2D eigenvalue weighted by Crippen LogP contribution is 2.43. The number of rotatable bonds is 11. The molecule has 9 heteroatoms. The smallest absolute Gasteiger partial charge is 0.308 e. The molecule has 0 unspecified atom stereocenters. The fourth-order valence-electron chi connectivity index (χ4n) is 2.85. The molecule has 0 amide bonds. The first kappa shape index (κ1) is 27.0. The molecule has 35 heavy (non-hydrogen) atoms. The predicted molar refractivity (Wildman–Crippen MR) is 129 cm³/mol. The maximum Gasteiger partial charge on any atom is 0.308 e. The number of hydrogen-bond donors (Lipinski definition) is 0. The average Bonchev–Trinajstić information content (AvgIpc) is 2.81. The molecule has 0 aliphatic rings. The number of carbonyl (C=O) groups excluding carboxylic acids is 3. The van der Waals surface area contributed by atoms with E-state index < -0.39 is 11.9 Å². The third-order valence-corrected chi connectivity index (χ3v) is 4.30. The van der Waals surface area contributed by atoms with E-state index in [0.717, 1.165) is 5.56 Å². The van der Waals surface area contributed by atoms with Crippen LogP contribution >= 0.6 is 0 Å². The summed E-state index contributed by atoms with van der Waals surface area (Å²) in [7, 11) is 2.94. The summed E-state index contributed by atoms with van der Waals surface area (Å²) in [6.45, 7) is 4.19. The SMILES string of the molecule is COc1cc(C=CCOC(C)=O)ccc1Oc1cc(C=CCOC(C)=O)cc(OC)c1OC(C)=O. The van der Waals surface area contributed by atoms with Gasteiger partial charge in [-0.2, -0.15) is 0 Å². The zero-order valence-corrected chi connectivity index (χ0v) is 20.3. The second-order valence-electron chi connectivity index (χ2n) is 7.07. The van der Waals surface area contributed by atoms with E-state index in [1.165, 1.54) is 35.0 Å². The Balaban J connectivity index is 2.39. The van der Waals surface area contributed by atoms with Gasteiger partial charge in [0, 0.05) is 20.8 Å². The van der Waals surface area contributed by atoms with Gasteiger partial charge in [-0.1, -0.05) is 18.2 Å². The first-order chi connectivity index (χ1) is 16.7. The van der Waals surface area contributed by atoms with Crippen molar-refractivity contribution in [1.82, 2.24) is 0 Å². The van der Waals surface area contributed by atoms with E-state index in [9.17, 15) is 14.4 Å². The summed E-state index contributed by atoms with van der Waals surface area (Å²) in [6, 6.07) is 8.53. The lowest BCUT2D eigenvalue weighted by Gasteiger charge is -2.17. The van der Waals surface area contributed by atoms with E-state index in [0.29, 0.717) is 17.1 Å². The lowest BCUT2D eigenvalue weighted by molar-refractivity contribution is -0.140. The number of benzene rings is 2. The fourth-order valence-corrected chi connectivity index (χ4v) is 2.85. The first-order valence-corrected chi connectivity index (χ1v) is 10.6. The van der Waals surface area contributed by atoms with Gasteiger partial charge in [0.25, 0.3) is 0 Å². The molecular formula is C26H28O9. The van der Waals surface area contributed by atoms with Crippen molar-refractivity contribution in [2.45, 2.75) is 20.8 Å². The van der Waals surface area contributed by atoms with Gasteiger partial charge in [0.05, 0.1) is 14.2 Å². The second kappa shape index (κ2) is 13.4. The largest absolute Gasteiger partial charge is 0.493 e. The summed E-state index contributed by atoms with van der Waals surface area (Å²) in [4.78, 5) is 33.6. The molecule has 9 nitrogen and oxygen atoms in total. The van der Waals surface area contributed by atoms with Crippen LogP contribution in [0.3, 0.4) is 0 Å². The first-order valence-electron chi connectivity index (χ1n) is 10.6. The zero-order chi connectivity index (χ0) is 25.8. The van der Waals surface area contributed by atoms with Crippen molar-refractivity contribution in [1.29, 1.82) is 0 Å². The Labute approximate surface area is 203 Å². The minimum atomic E-state index is -0.550. The molecule has 0 N–H and O–H groups in total. The number of esters is 3. The molecule has 0 saturated heterocycles. The molecule has 0 aromatic heterocycles. The molecule has 0 spiro atoms. The Morgan fingerprint density at radius 1 is 0.686 bits per heavy atom. The maximum atomic E-state index is 11.7. The summed E-state index contributed by atoms with van der Waals surface area (Å²) in [6.07, 6.45) is 6.84. The van der Waals surface area contributed by atoms with Gasteiger partial charge in [-0.3, -0.25) is 14.4 Å². The Morgan fingerprint density at radius 2 is 1.23 bits per heavy atom. The van der Waals surface area contributed by atoms with Gasteiger partial charge in [-0.15, -0.1) is 0 Å². The van der Waals surface area contributed by atoms with Crippen molar-refractivity contribution in [2.75, 3.05) is 27.4 Å². The van der Waals surface area contributed by atoms with E-state index in [2.05, 4.69) is 0 Å². The maximum absolute atomic E-state index is 11.7. The highest BCUT2D eigenvalue weighted by atomic mass is 16.6. The zero-order valence-electron chi connectivity index (χ0n) is 20.3. The van der Waals surface area contributed by atoms with E-state index in [1.807, 2.05) is 0 Å². The normalized spacial score (nSPS) is 10.8. The highest BCUT2D eigenvalue weighted by molar-refractivity contribution is 5.74. The van der Waals surface area contributed by atoms with Gasteiger partial charge in [0.15, 0.2) is 23.0 Å². The van der Waals surface area contributed by atoms with Gasteiger partial charge in [0.1, 0.15) is 13.2 Å². The molecule has 0 atom stereocenters. The monoisotopic (exact) mass is 484 g/mol. The highest BCUT2D eigenvalue weighted by Gasteiger charge is 2.18. The molecule has 0 bridgehead atoms. The van der Waals surface area contributed by atoms with Crippen molar-refractivity contribution < 1.29 is 42.8 Å². The van der Waals surface area contributed by atoms with Crippen LogP contribution in [-0.4, -0.2) is 45.3 Å². The van der Waals surface area contributed by atoms with Gasteiger partial charge in [-0.05, 0) is 47.5 Å². The van der Waals surface area contributed by atoms with Crippen LogP contribution in [0.15, 0.2) is 42.5 Å². The predicted octanol–water partition coefficient (Wildman–Crippen LogP) is 4.57. The van der Waals surface area contributed by atoms with E-state index in [4.69, 9.17) is 28.4 Å². The third kappa shape index (κ3) is 8.88. The molecule has 0 aliphatic carbocycles. The molecule has 0 aliphatic heterocycles. The molecule has 2 rings (SSSR count). The van der Waals surface area contributed by atoms with Crippen molar-refractivity contribution in [3.05, 3.63) is 53.6 Å². The summed E-state index contributed by atoms with van der Waals surface area (Å²) >= 11 is 0. The summed E-state index contributed by atoms with van der Waals surface area (Å²) in [5.74, 6) is 0.0639. The standard InChI is InChI=1S/C26H28O9/c1-17(27)32-12-6-8-20-10-11-22(23(14-20)30-4)35-25-16-21(9-7-13-33-18(2)28)15-24(31-5)26(25)34-19(3)29/h6-11,14-16H,12-13H2,1-5H3. The van der Waals surface area contributed by atoms with E-state index >= 15 is 0 Å². The van der Waals surface area contributed by atoms with Crippen LogP contribution in [0.25, 0.3) is 12.2 Å². The summed E-state index contributed by atoms with van der Waals surface area (Å²) < 4.78 is 32.1. The molecule has 0 heterocycles. The van der Waals surface area contributed by atoms with Crippen LogP contribution in [0.2, 0.25) is 0 Å². The average molecular weight is 485 g/mol. The lowest BCUT2D eigenvalue weighted by Crippen LogP contribution is -2.05. The minimum absolute atomic E-state index is 0.0970. The molecule has 2 aromatic carbocycles. The Kier molecular flexibility index (Phi) is 10.4. The summed E-state index contributed by atoms with van der Waals surface area (Å²) in [5.41, 5.74) is 1.45. The third-order valence-electron chi connectivity index (χ3n) is 4.30. The number of ether oxygens (including phenoxy) is 6. The lowest BCUT2D eigenvalue weighted by atomic mass is 10.1. The fraction of sp³-hybridized carbons (Fsp3) is 0.269. The van der Waals surface area contributed by atoms with Crippen LogP contribution in [0.1, 0.15) is 31.9 Å². The van der Waals surface area contributed by atoms with Crippen molar-refractivity contribution >= 4 is 30.1 Å². The quantitative estimate of drug-likeness (QED) is 0.335. The second-order valence-corrected chi connectivity index (χ2v) is 7.07. The Bertz CT molecular complexity index is 1120. The van der Waals surface area contributed by atoms with Crippen molar-refractivity contribution in [3.63, 3.8) is 0 Å². The Morgan fingerprint density at radius 3 is 1.77 bits per heavy atom. The van der Waals surface area contributed by atoms with Crippen LogP contribution < -0.4 is 18.9 Å². The van der Waals surface area contributed by atoms with Gasteiger partial charge in [0.2, 0.25) is 5.75 Å². The topological polar surface area (TPSA) is 107 Å². The van der Waals surface area contributed by atoms with Crippen LogP contribution in [0, 0.1) is 0 Å². The van der Waals surface area contributed by atoms with Gasteiger partial charge in [-0.25, -0.2) is 0 Å². The van der Waals surface area contributed by atoms with Crippen LogP contribution in [-0.2, 0) is 23.9 Å². The van der Waals surface area contributed by atoms with E-state index in [-0.39, 0.29) is 36.4 Å². The molecule has 2 aromatic rings. The Hall–Kier alpha value is -4.27. The van der Waals surface area contributed by atoms with Crippen LogP contribution in [0.4, 0.5) is 0 Å². The van der Waals surface area contributed by atoms with E-state index in [1.54, 1.807) is 54.6 Å². The number of carbonyl (C=O) groups is 3. The van der Waals surface area contributed by atoms with Crippen molar-refractivity contribution in [3.8, 4) is 28.7 Å². The van der Waals surface area contributed by atoms with Crippen molar-refractivity contribution in [2.24, 2.45) is 0 Å². The molecule has 0 saturated carbocycles. The number of methoxy groups -OCH3 is 2. The van der Waals surface area contributed by atoms with Crippen LogP contribution in [0.5, 0.6) is 28.7 Å². The van der Waals surface area contributed by atoms with Gasteiger partial charge < -0.3 is 28.4 Å². The summed E-state index contributed by atoms with van der Waals surface area (Å²) in [5, 5.41) is 0. The number of hydrogen-bond acceptors (Lipinski definition) is 9. The molecule has 0 fully saturated rings. The van der Waals surface area contributed by atoms with Gasteiger partial charge >= 0.3 is 17.9 Å². The minimum Gasteiger partial charge on any atom is -0.493 e. The molecular weight excluding hydrogens is 456 g/mol.